The van der Waals surface area contributed by atoms with Crippen LogP contribution in [0, 0.1) is 5.82 Å². The van der Waals surface area contributed by atoms with E-state index < -0.39 is 35.2 Å². The van der Waals surface area contributed by atoms with Crippen molar-refractivity contribution in [3.63, 3.8) is 0 Å². The minimum absolute atomic E-state index is 0.0687. The molecule has 0 spiro atoms. The van der Waals surface area contributed by atoms with Crippen LogP contribution in [0.25, 0.3) is 0 Å². The van der Waals surface area contributed by atoms with Gasteiger partial charge in [-0.3, -0.25) is 39.3 Å². The molecule has 9 rings (SSSR count). The molecule has 3 saturated heterocycles. The highest BCUT2D eigenvalue weighted by Gasteiger charge is 2.46. The van der Waals surface area contributed by atoms with Gasteiger partial charge in [0, 0.05) is 51.4 Å². The van der Waals surface area contributed by atoms with Gasteiger partial charge in [-0.2, -0.15) is 5.10 Å². The Morgan fingerprint density at radius 1 is 0.877 bits per heavy atom. The van der Waals surface area contributed by atoms with Crippen LogP contribution < -0.4 is 15.5 Å². The topological polar surface area (TPSA) is 146 Å². The van der Waals surface area contributed by atoms with E-state index in [1.54, 1.807) is 30.3 Å². The number of aromatic nitrogens is 1. The third-order valence-corrected chi connectivity index (χ3v) is 12.0. The van der Waals surface area contributed by atoms with Crippen LogP contribution in [0.3, 0.4) is 0 Å². The maximum absolute atomic E-state index is 14.1. The Morgan fingerprint density at radius 2 is 1.68 bits per heavy atom. The number of aliphatic imine (C=N–C) groups is 1. The Morgan fingerprint density at radius 3 is 2.51 bits per heavy atom. The van der Waals surface area contributed by atoms with Crippen LogP contribution in [0.4, 0.5) is 15.9 Å². The molecule has 3 unspecified atom stereocenters. The summed E-state index contributed by atoms with van der Waals surface area (Å²) in [6.45, 7) is 8.61. The van der Waals surface area contributed by atoms with Crippen molar-refractivity contribution < 1.29 is 23.6 Å². The lowest BCUT2D eigenvalue weighted by atomic mass is 9.97. The van der Waals surface area contributed by atoms with Crippen LogP contribution in [0.2, 0.25) is 0 Å². The van der Waals surface area contributed by atoms with Crippen LogP contribution in [0.15, 0.2) is 82.9 Å². The summed E-state index contributed by atoms with van der Waals surface area (Å²) in [5.74, 6) is 0.348. The number of hydrogen-bond donors (Lipinski definition) is 2. The molecule has 15 heteroatoms. The first-order chi connectivity index (χ1) is 27.7. The first-order valence-electron chi connectivity index (χ1n) is 19.8. The highest BCUT2D eigenvalue weighted by atomic mass is 19.1. The summed E-state index contributed by atoms with van der Waals surface area (Å²) in [5, 5.41) is 12.8. The number of carbonyl (C=O) groups is 4. The second-order valence-electron chi connectivity index (χ2n) is 15.7. The van der Waals surface area contributed by atoms with Gasteiger partial charge in [-0.25, -0.2) is 14.4 Å². The smallest absolute Gasteiger partial charge is 0.262 e. The summed E-state index contributed by atoms with van der Waals surface area (Å²) in [5.41, 5.74) is 2.59. The van der Waals surface area contributed by atoms with Crippen molar-refractivity contribution in [1.29, 1.82) is 0 Å². The molecule has 7 heterocycles. The van der Waals surface area contributed by atoms with E-state index in [0.29, 0.717) is 13.1 Å². The number of anilines is 2. The largest absolute Gasteiger partial charge is 0.385 e. The fourth-order valence-electron chi connectivity index (χ4n) is 8.85. The van der Waals surface area contributed by atoms with Crippen molar-refractivity contribution in [2.45, 2.75) is 56.7 Å². The molecule has 0 aliphatic carbocycles. The zero-order chi connectivity index (χ0) is 39.3. The number of nitrogens with one attached hydrogen (secondary N) is 2. The van der Waals surface area contributed by atoms with Crippen molar-refractivity contribution in [2.75, 3.05) is 62.6 Å². The van der Waals surface area contributed by atoms with E-state index in [9.17, 15) is 23.6 Å². The van der Waals surface area contributed by atoms with E-state index in [1.165, 1.54) is 6.07 Å². The molecule has 0 bridgehead atoms. The predicted molar refractivity (Wildman–Crippen MR) is 212 cm³/mol. The van der Waals surface area contributed by atoms with Gasteiger partial charge in [0.05, 0.1) is 29.4 Å². The maximum Gasteiger partial charge on any atom is 0.262 e. The van der Waals surface area contributed by atoms with E-state index in [-0.39, 0.29) is 35.8 Å². The van der Waals surface area contributed by atoms with Crippen molar-refractivity contribution >= 4 is 46.8 Å². The minimum atomic E-state index is -0.981. The number of piperidine rings is 1. The van der Waals surface area contributed by atoms with Gasteiger partial charge in [0.2, 0.25) is 11.8 Å². The molecule has 0 saturated carbocycles. The van der Waals surface area contributed by atoms with Crippen LogP contribution in [-0.2, 0) is 15.1 Å². The summed E-state index contributed by atoms with van der Waals surface area (Å²) in [6, 6.07) is 17.2. The molecule has 6 aliphatic heterocycles. The first kappa shape index (κ1) is 36.7. The predicted octanol–water partition coefficient (Wildman–Crippen LogP) is 3.90. The zero-order valence-corrected chi connectivity index (χ0v) is 31.9. The number of nitrogens with zero attached hydrogens (tertiary/aromatic N) is 8. The number of fused-ring (bicyclic) bond motifs is 2. The molecule has 1 aromatic heterocycles. The lowest BCUT2D eigenvalue weighted by Gasteiger charge is -2.38. The average Bonchev–Trinajstić information content (AvgIpc) is 3.92. The molecule has 57 heavy (non-hydrogen) atoms. The van der Waals surface area contributed by atoms with Gasteiger partial charge in [-0.1, -0.05) is 18.2 Å². The Kier molecular flexibility index (Phi) is 9.55. The van der Waals surface area contributed by atoms with Gasteiger partial charge in [0.1, 0.15) is 34.9 Å². The summed E-state index contributed by atoms with van der Waals surface area (Å²) in [6.07, 6.45) is 7.11. The SMILES string of the molecule is CC1(c2cccc(N3CCN(CCCNc4ccc5c(c4)C(=O)N(C4CCC(=O)NC4=O)C5=O)CC3)n2)CN=C2C=CC(N3CCCC3c3cccc(F)c3)=NN21. The van der Waals surface area contributed by atoms with Gasteiger partial charge in [-0.15, -0.1) is 0 Å². The molecule has 0 radical (unpaired) electrons. The molecule has 2 N–H and O–H groups in total. The maximum atomic E-state index is 14.1. The monoisotopic (exact) mass is 772 g/mol. The molecule has 3 atom stereocenters. The van der Waals surface area contributed by atoms with Gasteiger partial charge < -0.3 is 15.1 Å². The van der Waals surface area contributed by atoms with Crippen molar-refractivity contribution in [3.05, 3.63) is 101 Å². The molecular formula is C42H45FN10O4. The number of pyridine rings is 1. The van der Waals surface area contributed by atoms with E-state index in [0.717, 1.165) is 97.9 Å². The highest BCUT2D eigenvalue weighted by molar-refractivity contribution is 6.23. The zero-order valence-electron chi connectivity index (χ0n) is 31.9. The minimum Gasteiger partial charge on any atom is -0.385 e. The second-order valence-corrected chi connectivity index (χ2v) is 15.7. The number of hydrogen-bond acceptors (Lipinski definition) is 12. The Balaban J connectivity index is 0.781. The van der Waals surface area contributed by atoms with E-state index in [1.807, 2.05) is 23.2 Å². The molecule has 3 fully saturated rings. The Hall–Kier alpha value is -5.96. The van der Waals surface area contributed by atoms with Crippen molar-refractivity contribution in [3.8, 4) is 0 Å². The Bertz CT molecular complexity index is 2230. The van der Waals surface area contributed by atoms with E-state index in [4.69, 9.17) is 15.1 Å². The number of imide groups is 2. The number of amides is 4. The molecule has 2 aromatic carbocycles. The lowest BCUT2D eigenvalue weighted by molar-refractivity contribution is -0.136. The van der Waals surface area contributed by atoms with Crippen LogP contribution in [0.1, 0.15) is 77.0 Å². The molecule has 4 amide bonds. The van der Waals surface area contributed by atoms with Crippen molar-refractivity contribution in [1.82, 2.24) is 30.0 Å². The highest BCUT2D eigenvalue weighted by Crippen LogP contribution is 2.38. The number of carbonyl (C=O) groups excluding carboxylic acids is 4. The number of likely N-dealkylation sites (tertiary alicyclic amines) is 1. The third kappa shape index (κ3) is 6.83. The number of piperazine rings is 1. The van der Waals surface area contributed by atoms with E-state index in [2.05, 4.69) is 50.5 Å². The molecule has 3 aromatic rings. The van der Waals surface area contributed by atoms with Crippen LogP contribution in [-0.4, -0.2) is 118 Å². The summed E-state index contributed by atoms with van der Waals surface area (Å²) in [4.78, 5) is 68.3. The summed E-state index contributed by atoms with van der Waals surface area (Å²) < 4.78 is 14.1. The Labute approximate surface area is 330 Å². The number of benzene rings is 2. The summed E-state index contributed by atoms with van der Waals surface area (Å²) >= 11 is 0. The fraction of sp³-hybridized carbons (Fsp3) is 0.405. The van der Waals surface area contributed by atoms with Crippen LogP contribution in [0.5, 0.6) is 0 Å². The quantitative estimate of drug-likeness (QED) is 0.243. The fourth-order valence-corrected chi connectivity index (χ4v) is 8.85. The molecule has 6 aliphatic rings. The lowest BCUT2D eigenvalue weighted by Crippen LogP contribution is -2.54. The van der Waals surface area contributed by atoms with Gasteiger partial charge in [0.25, 0.3) is 11.8 Å². The van der Waals surface area contributed by atoms with Crippen molar-refractivity contribution in [2.24, 2.45) is 10.1 Å². The van der Waals surface area contributed by atoms with Crippen LogP contribution >= 0.6 is 0 Å². The third-order valence-electron chi connectivity index (χ3n) is 12.0. The standard InChI is InChI=1S/C42H45FN10O4/c1-42(26-45-35-14-15-37(48-53(35)42)51-19-4-8-32(51)27-6-2-7-28(43)24-27)34-9-3-10-36(46-34)50-22-20-49(21-23-50)18-5-17-44-29-11-12-30-31(25-29)41(57)52(40(30)56)33-13-16-38(54)47-39(33)55/h2-3,6-7,9-12,14-15,24-25,32-33,44H,4-5,8,13,16-23,26H2,1H3,(H,47,54,55). The van der Waals surface area contributed by atoms with Gasteiger partial charge >= 0.3 is 0 Å². The number of halogens is 1. The second kappa shape index (κ2) is 14.8. The molecule has 14 nitrogen and oxygen atoms in total. The first-order valence-corrected chi connectivity index (χ1v) is 19.8. The molecule has 294 valence electrons. The molecular weight excluding hydrogens is 728 g/mol. The number of amidine groups is 2. The summed E-state index contributed by atoms with van der Waals surface area (Å²) in [7, 11) is 0. The van der Waals surface area contributed by atoms with Gasteiger partial charge in [-0.05, 0) is 99.3 Å². The van der Waals surface area contributed by atoms with Gasteiger partial charge in [0.15, 0.2) is 0 Å². The number of rotatable bonds is 9. The number of hydrazone groups is 1. The normalized spacial score (nSPS) is 24.8. The van der Waals surface area contributed by atoms with E-state index >= 15 is 0 Å². The average molecular weight is 773 g/mol.